The van der Waals surface area contributed by atoms with Crippen LogP contribution in [-0.2, 0) is 14.3 Å². The van der Waals surface area contributed by atoms with Crippen LogP contribution < -0.4 is 18.9 Å². The molecule has 0 fully saturated rings. The van der Waals surface area contributed by atoms with Gasteiger partial charge in [0.25, 0.3) is 0 Å². The fourth-order valence-electron chi connectivity index (χ4n) is 5.40. The van der Waals surface area contributed by atoms with Gasteiger partial charge in [0, 0.05) is 0 Å². The number of aliphatic hydroxyl groups excluding tert-OH is 1. The van der Waals surface area contributed by atoms with Crippen molar-refractivity contribution in [3.63, 3.8) is 0 Å². The minimum Gasteiger partial charge on any atom is -0.497 e. The van der Waals surface area contributed by atoms with Gasteiger partial charge in [-0.3, -0.25) is 9.59 Å². The summed E-state index contributed by atoms with van der Waals surface area (Å²) in [4.78, 5) is 23.0. The zero-order chi connectivity index (χ0) is 39.2. The Labute approximate surface area is 321 Å². The Balaban J connectivity index is 0.000000218. The molecule has 6 rings (SSSR count). The van der Waals surface area contributed by atoms with Gasteiger partial charge in [0.1, 0.15) is 40.6 Å². The molecule has 0 aliphatic rings. The lowest BCUT2D eigenvalue weighted by molar-refractivity contribution is -0.150. The molecule has 0 bridgehead atoms. The van der Waals surface area contributed by atoms with Crippen LogP contribution in [0.4, 0.5) is 0 Å². The predicted molar refractivity (Wildman–Crippen MR) is 210 cm³/mol. The summed E-state index contributed by atoms with van der Waals surface area (Å²) in [6, 6.07) is 44.9. The summed E-state index contributed by atoms with van der Waals surface area (Å²) in [5.74, 6) is 2.74. The van der Waals surface area contributed by atoms with Crippen LogP contribution in [0.1, 0.15) is 58.4 Å². The van der Waals surface area contributed by atoms with Crippen LogP contribution in [0.2, 0.25) is 0 Å². The van der Waals surface area contributed by atoms with E-state index in [-0.39, 0.29) is 12.8 Å². The second-order valence-corrected chi connectivity index (χ2v) is 12.7. The minimum atomic E-state index is -1.05. The molecule has 2 unspecified atom stereocenters. The molecule has 2 atom stereocenters. The maximum atomic E-state index is 12.2. The highest BCUT2D eigenvalue weighted by Crippen LogP contribution is 2.31. The van der Waals surface area contributed by atoms with Crippen molar-refractivity contribution in [2.45, 2.75) is 38.9 Å². The number of aliphatic hydroxyl groups is 1. The third-order valence-electron chi connectivity index (χ3n) is 8.53. The third-order valence-corrected chi connectivity index (χ3v) is 8.53. The SMILES string of the molecule is COc1ccc(C(O)c2ccc(Oc3ccc(C)cc3)cc2)cc1.COc1ccc(C(OC(=O)CCC(=O)O)c2ccc(Oc3ccc(C)cc3)cc2)cc1. The Morgan fingerprint density at radius 3 is 1.11 bits per heavy atom. The molecule has 0 aliphatic carbocycles. The molecule has 0 aromatic heterocycles. The Morgan fingerprint density at radius 2 is 0.782 bits per heavy atom. The number of esters is 1. The van der Waals surface area contributed by atoms with Gasteiger partial charge in [0.15, 0.2) is 6.10 Å². The van der Waals surface area contributed by atoms with Crippen LogP contribution in [0.5, 0.6) is 34.5 Å². The fourth-order valence-corrected chi connectivity index (χ4v) is 5.40. The topological polar surface area (TPSA) is 121 Å². The standard InChI is InChI=1S/C25H24O6.C21H20O3/c1-17-3-9-21(10-4-17)30-22-13-7-19(8-14-22)25(31-24(28)16-15-23(26)27)18-5-11-20(29-2)12-6-18;1-15-3-9-19(10-4-15)24-20-13-7-17(8-14-20)21(22)16-5-11-18(23-2)12-6-16/h3-14,25H,15-16H2,1-2H3,(H,26,27);3-14,21-22H,1-2H3. The summed E-state index contributed by atoms with van der Waals surface area (Å²) in [6.07, 6.45) is -1.83. The highest BCUT2D eigenvalue weighted by Gasteiger charge is 2.20. The minimum absolute atomic E-state index is 0.198. The van der Waals surface area contributed by atoms with Gasteiger partial charge in [-0.05, 0) is 109 Å². The van der Waals surface area contributed by atoms with Crippen molar-refractivity contribution < 1.29 is 43.5 Å². The highest BCUT2D eigenvalue weighted by molar-refractivity contribution is 5.77. The molecule has 0 amide bonds. The first-order chi connectivity index (χ1) is 26.6. The summed E-state index contributed by atoms with van der Waals surface area (Å²) < 4.78 is 27.6. The number of methoxy groups -OCH3 is 2. The van der Waals surface area contributed by atoms with E-state index < -0.39 is 24.1 Å². The van der Waals surface area contributed by atoms with E-state index in [1.54, 1.807) is 38.5 Å². The molecule has 55 heavy (non-hydrogen) atoms. The molecule has 0 saturated carbocycles. The number of ether oxygens (including phenoxy) is 5. The second-order valence-electron chi connectivity index (χ2n) is 12.7. The summed E-state index contributed by atoms with van der Waals surface area (Å²) in [6.45, 7) is 4.05. The summed E-state index contributed by atoms with van der Waals surface area (Å²) in [7, 11) is 3.20. The molecule has 9 nitrogen and oxygen atoms in total. The maximum absolute atomic E-state index is 12.2. The van der Waals surface area contributed by atoms with Crippen LogP contribution in [0, 0.1) is 13.8 Å². The number of aliphatic carboxylic acids is 1. The van der Waals surface area contributed by atoms with Gasteiger partial charge >= 0.3 is 11.9 Å². The zero-order valence-electron chi connectivity index (χ0n) is 31.2. The summed E-state index contributed by atoms with van der Waals surface area (Å²) in [5, 5.41) is 19.3. The van der Waals surface area contributed by atoms with Crippen molar-refractivity contribution in [2.24, 2.45) is 0 Å². The Morgan fingerprint density at radius 1 is 0.473 bits per heavy atom. The number of carboxylic acid groups (broad SMARTS) is 1. The van der Waals surface area contributed by atoms with Crippen LogP contribution >= 0.6 is 0 Å². The summed E-state index contributed by atoms with van der Waals surface area (Å²) in [5.41, 5.74) is 5.47. The van der Waals surface area contributed by atoms with Gasteiger partial charge in [-0.25, -0.2) is 0 Å². The first kappa shape index (κ1) is 39.6. The molecular formula is C46H44O9. The predicted octanol–water partition coefficient (Wildman–Crippen LogP) is 10.2. The van der Waals surface area contributed by atoms with Crippen LogP contribution in [0.3, 0.4) is 0 Å². The van der Waals surface area contributed by atoms with Crippen molar-refractivity contribution in [1.82, 2.24) is 0 Å². The number of carbonyl (C=O) groups excluding carboxylic acids is 1. The van der Waals surface area contributed by atoms with Crippen molar-refractivity contribution in [3.8, 4) is 34.5 Å². The number of rotatable bonds is 14. The molecule has 0 saturated heterocycles. The average Bonchev–Trinajstić information content (AvgIpc) is 3.21. The number of carboxylic acids is 1. The van der Waals surface area contributed by atoms with Gasteiger partial charge < -0.3 is 33.9 Å². The molecule has 0 aliphatic heterocycles. The van der Waals surface area contributed by atoms with Gasteiger partial charge in [-0.1, -0.05) is 83.9 Å². The first-order valence-electron chi connectivity index (χ1n) is 17.7. The van der Waals surface area contributed by atoms with Crippen molar-refractivity contribution in [3.05, 3.63) is 179 Å². The van der Waals surface area contributed by atoms with E-state index in [0.717, 1.165) is 50.8 Å². The van der Waals surface area contributed by atoms with Gasteiger partial charge in [-0.15, -0.1) is 0 Å². The van der Waals surface area contributed by atoms with E-state index >= 15 is 0 Å². The molecule has 0 heterocycles. The Bertz CT molecular complexity index is 2090. The lowest BCUT2D eigenvalue weighted by Crippen LogP contribution is -2.14. The Kier molecular flexibility index (Phi) is 14.0. The number of carbonyl (C=O) groups is 2. The molecule has 0 spiro atoms. The monoisotopic (exact) mass is 740 g/mol. The summed E-state index contributed by atoms with van der Waals surface area (Å²) >= 11 is 0. The van der Waals surface area contributed by atoms with E-state index in [0.29, 0.717) is 11.5 Å². The lowest BCUT2D eigenvalue weighted by atomic mass is 10.0. The van der Waals surface area contributed by atoms with Gasteiger partial charge in [0.05, 0.1) is 27.1 Å². The number of benzene rings is 6. The molecule has 6 aromatic rings. The molecule has 6 aromatic carbocycles. The van der Waals surface area contributed by atoms with Crippen LogP contribution in [0.15, 0.2) is 146 Å². The molecule has 0 radical (unpaired) electrons. The fraction of sp³-hybridized carbons (Fsp3) is 0.174. The van der Waals surface area contributed by atoms with E-state index in [4.69, 9.17) is 28.8 Å². The van der Waals surface area contributed by atoms with Crippen LogP contribution in [0.25, 0.3) is 0 Å². The van der Waals surface area contributed by atoms with Crippen molar-refractivity contribution >= 4 is 11.9 Å². The number of aryl methyl sites for hydroxylation is 2. The largest absolute Gasteiger partial charge is 0.497 e. The van der Waals surface area contributed by atoms with Gasteiger partial charge in [0.2, 0.25) is 0 Å². The molecule has 282 valence electrons. The van der Waals surface area contributed by atoms with E-state index in [1.807, 2.05) is 135 Å². The molecular weight excluding hydrogens is 696 g/mol. The normalized spacial score (nSPS) is 11.6. The smallest absolute Gasteiger partial charge is 0.307 e. The maximum Gasteiger partial charge on any atom is 0.307 e. The number of hydrogen-bond donors (Lipinski definition) is 2. The van der Waals surface area contributed by atoms with E-state index in [9.17, 15) is 14.7 Å². The third kappa shape index (κ3) is 12.0. The van der Waals surface area contributed by atoms with Gasteiger partial charge in [-0.2, -0.15) is 0 Å². The lowest BCUT2D eigenvalue weighted by Gasteiger charge is -2.19. The van der Waals surface area contributed by atoms with E-state index in [2.05, 4.69) is 0 Å². The molecule has 2 N–H and O–H groups in total. The number of hydrogen-bond acceptors (Lipinski definition) is 8. The van der Waals surface area contributed by atoms with Crippen molar-refractivity contribution in [1.29, 1.82) is 0 Å². The first-order valence-corrected chi connectivity index (χ1v) is 17.7. The second kappa shape index (κ2) is 19.5. The average molecular weight is 741 g/mol. The van der Waals surface area contributed by atoms with Crippen molar-refractivity contribution in [2.75, 3.05) is 14.2 Å². The highest BCUT2D eigenvalue weighted by atomic mass is 16.5. The Hall–Kier alpha value is -6.58. The zero-order valence-corrected chi connectivity index (χ0v) is 31.2. The van der Waals surface area contributed by atoms with Crippen LogP contribution in [-0.4, -0.2) is 36.4 Å². The quantitative estimate of drug-likeness (QED) is 0.105. The van der Waals surface area contributed by atoms with E-state index in [1.165, 1.54) is 5.56 Å². The molecule has 9 heteroatoms.